The van der Waals surface area contributed by atoms with Gasteiger partial charge in [0.1, 0.15) is 0 Å². The zero-order valence-corrected chi connectivity index (χ0v) is 16.6. The molecule has 0 bridgehead atoms. The molecule has 0 unspecified atom stereocenters. The molecule has 0 radical (unpaired) electrons. The largest absolute Gasteiger partial charge is 0.372 e. The Morgan fingerprint density at radius 3 is 2.50 bits per heavy atom. The minimum absolute atomic E-state index is 0.0366. The van der Waals surface area contributed by atoms with Gasteiger partial charge in [-0.15, -0.1) is 0 Å². The minimum Gasteiger partial charge on any atom is -0.372 e. The molecule has 2 heterocycles. The highest BCUT2D eigenvalue weighted by Crippen LogP contribution is 2.27. The maximum absolute atomic E-state index is 13.3. The number of carbonyl (C=O) groups is 1. The quantitative estimate of drug-likeness (QED) is 0.692. The number of aromatic nitrogens is 1. The van der Waals surface area contributed by atoms with Crippen molar-refractivity contribution >= 4 is 22.4 Å². The highest BCUT2D eigenvalue weighted by molar-refractivity contribution is 5.89. The maximum Gasteiger partial charge on any atom is 0.258 e. The van der Waals surface area contributed by atoms with Gasteiger partial charge in [0.15, 0.2) is 0 Å². The first-order valence-electron chi connectivity index (χ1n) is 9.61. The van der Waals surface area contributed by atoms with Crippen LogP contribution in [0.5, 0.6) is 0 Å². The molecule has 28 heavy (non-hydrogen) atoms. The van der Waals surface area contributed by atoms with Gasteiger partial charge in [-0.1, -0.05) is 36.4 Å². The Balaban J connectivity index is 1.68. The molecule has 1 aliphatic heterocycles. The van der Waals surface area contributed by atoms with Crippen molar-refractivity contribution in [2.24, 2.45) is 7.05 Å². The molecule has 1 atom stereocenters. The molecule has 2 aromatic carbocycles. The number of anilines is 1. The minimum atomic E-state index is -0.0366. The van der Waals surface area contributed by atoms with Crippen LogP contribution in [-0.4, -0.2) is 35.0 Å². The molecular formula is C23H25N3O2. The third-order valence-electron chi connectivity index (χ3n) is 5.65. The van der Waals surface area contributed by atoms with Gasteiger partial charge in [-0.2, -0.15) is 0 Å². The van der Waals surface area contributed by atoms with Gasteiger partial charge in [0.2, 0.25) is 5.91 Å². The van der Waals surface area contributed by atoms with Crippen LogP contribution >= 0.6 is 0 Å². The van der Waals surface area contributed by atoms with Crippen molar-refractivity contribution < 1.29 is 4.79 Å². The van der Waals surface area contributed by atoms with Gasteiger partial charge in [0.25, 0.3) is 5.56 Å². The van der Waals surface area contributed by atoms with Gasteiger partial charge in [0.05, 0.1) is 6.42 Å². The van der Waals surface area contributed by atoms with E-state index in [0.717, 1.165) is 23.1 Å². The van der Waals surface area contributed by atoms with E-state index in [1.54, 1.807) is 17.8 Å². The Labute approximate surface area is 164 Å². The molecule has 3 aromatic rings. The van der Waals surface area contributed by atoms with Crippen LogP contribution in [0.25, 0.3) is 10.8 Å². The number of pyridine rings is 1. The summed E-state index contributed by atoms with van der Waals surface area (Å²) in [7, 11) is 3.81. The number of hydrogen-bond acceptors (Lipinski definition) is 3. The van der Waals surface area contributed by atoms with E-state index in [1.807, 2.05) is 41.3 Å². The molecule has 0 saturated carbocycles. The average molecular weight is 375 g/mol. The van der Waals surface area contributed by atoms with E-state index in [1.165, 1.54) is 5.69 Å². The summed E-state index contributed by atoms with van der Waals surface area (Å²) in [4.78, 5) is 29.9. The van der Waals surface area contributed by atoms with Gasteiger partial charge < -0.3 is 14.4 Å². The monoisotopic (exact) mass is 375 g/mol. The lowest BCUT2D eigenvalue weighted by molar-refractivity contribution is -0.132. The first kappa shape index (κ1) is 18.3. The predicted octanol–water partition coefficient (Wildman–Crippen LogP) is 2.95. The topological polar surface area (TPSA) is 45.5 Å². The van der Waals surface area contributed by atoms with Crippen LogP contribution in [0.1, 0.15) is 18.1 Å². The second kappa shape index (κ2) is 7.15. The van der Waals surface area contributed by atoms with Crippen LogP contribution in [0, 0.1) is 0 Å². The molecule has 1 amide bonds. The van der Waals surface area contributed by atoms with Gasteiger partial charge >= 0.3 is 0 Å². The van der Waals surface area contributed by atoms with Gasteiger partial charge in [0, 0.05) is 50.5 Å². The summed E-state index contributed by atoms with van der Waals surface area (Å²) in [5.74, 6) is 0.0846. The smallest absolute Gasteiger partial charge is 0.258 e. The van der Waals surface area contributed by atoms with Gasteiger partial charge in [-0.3, -0.25) is 9.59 Å². The number of nitrogens with zero attached hydrogens (tertiary/aromatic N) is 3. The summed E-state index contributed by atoms with van der Waals surface area (Å²) in [6.07, 6.45) is 2.08. The molecule has 0 saturated heterocycles. The summed E-state index contributed by atoms with van der Waals surface area (Å²) < 4.78 is 1.57. The molecule has 1 aliphatic rings. The van der Waals surface area contributed by atoms with E-state index in [9.17, 15) is 9.59 Å². The zero-order chi connectivity index (χ0) is 19.8. The van der Waals surface area contributed by atoms with Crippen molar-refractivity contribution in [2.45, 2.75) is 25.9 Å². The van der Waals surface area contributed by atoms with Crippen molar-refractivity contribution in [1.29, 1.82) is 0 Å². The first-order chi connectivity index (χ1) is 13.5. The normalized spacial score (nSPS) is 16.8. The Kier molecular flexibility index (Phi) is 4.67. The van der Waals surface area contributed by atoms with Crippen LogP contribution in [0.3, 0.4) is 0 Å². The van der Waals surface area contributed by atoms with Crippen LogP contribution < -0.4 is 10.5 Å². The van der Waals surface area contributed by atoms with Crippen molar-refractivity contribution in [1.82, 2.24) is 9.47 Å². The van der Waals surface area contributed by atoms with Crippen molar-refractivity contribution in [3.8, 4) is 0 Å². The SMILES string of the molecule is C[C@H]1CN(C)c2ccccc2CN1C(=O)Cc1cn(C)c(=O)c2ccccc12. The third-order valence-corrected chi connectivity index (χ3v) is 5.65. The van der Waals surface area contributed by atoms with E-state index in [0.29, 0.717) is 11.9 Å². The van der Waals surface area contributed by atoms with E-state index in [-0.39, 0.29) is 23.9 Å². The number of rotatable bonds is 2. The summed E-state index contributed by atoms with van der Waals surface area (Å²) in [6, 6.07) is 15.9. The summed E-state index contributed by atoms with van der Waals surface area (Å²) in [6.45, 7) is 3.49. The second-order valence-electron chi connectivity index (χ2n) is 7.67. The molecule has 4 rings (SSSR count). The summed E-state index contributed by atoms with van der Waals surface area (Å²) in [5.41, 5.74) is 3.19. The standard InChI is InChI=1S/C23H25N3O2/c1-16-13-24(2)21-11-7-4-8-17(21)15-26(16)22(27)12-18-14-25(3)23(28)20-10-6-5-9-19(18)20/h4-11,14,16H,12-13,15H2,1-3H3/t16-/m0/s1. The molecule has 144 valence electrons. The van der Waals surface area contributed by atoms with Crippen LogP contribution in [0.2, 0.25) is 0 Å². The van der Waals surface area contributed by atoms with Crippen LogP contribution in [0.15, 0.2) is 59.5 Å². The number of aryl methyl sites for hydroxylation is 1. The van der Waals surface area contributed by atoms with E-state index in [4.69, 9.17) is 0 Å². The molecule has 0 fully saturated rings. The Morgan fingerprint density at radius 1 is 1.04 bits per heavy atom. The molecule has 5 nitrogen and oxygen atoms in total. The fourth-order valence-electron chi connectivity index (χ4n) is 4.19. The van der Waals surface area contributed by atoms with E-state index >= 15 is 0 Å². The van der Waals surface area contributed by atoms with Gasteiger partial charge in [-0.25, -0.2) is 0 Å². The number of hydrogen-bond donors (Lipinski definition) is 0. The first-order valence-corrected chi connectivity index (χ1v) is 9.61. The molecule has 5 heteroatoms. The van der Waals surface area contributed by atoms with Gasteiger partial charge in [-0.05, 0) is 35.6 Å². The number of likely N-dealkylation sites (N-methyl/N-ethyl adjacent to an activating group) is 1. The van der Waals surface area contributed by atoms with Crippen molar-refractivity contribution in [2.75, 3.05) is 18.5 Å². The summed E-state index contributed by atoms with van der Waals surface area (Å²) >= 11 is 0. The third kappa shape index (κ3) is 3.17. The molecule has 0 spiro atoms. The number of para-hydroxylation sites is 1. The maximum atomic E-state index is 13.3. The lowest BCUT2D eigenvalue weighted by Crippen LogP contribution is -2.42. The molecule has 1 aromatic heterocycles. The Bertz CT molecular complexity index is 1100. The highest BCUT2D eigenvalue weighted by atomic mass is 16.2. The Hall–Kier alpha value is -3.08. The number of amides is 1. The lowest BCUT2D eigenvalue weighted by Gasteiger charge is -2.29. The molecule has 0 aliphatic carbocycles. The van der Waals surface area contributed by atoms with Crippen LogP contribution in [-0.2, 0) is 24.8 Å². The fraction of sp³-hybridized carbons (Fsp3) is 0.304. The zero-order valence-electron chi connectivity index (χ0n) is 16.6. The van der Waals surface area contributed by atoms with Crippen molar-refractivity contribution in [3.05, 3.63) is 76.2 Å². The van der Waals surface area contributed by atoms with E-state index in [2.05, 4.69) is 31.0 Å². The summed E-state index contributed by atoms with van der Waals surface area (Å²) in [5, 5.41) is 1.52. The lowest BCUT2D eigenvalue weighted by atomic mass is 10.0. The van der Waals surface area contributed by atoms with Crippen LogP contribution in [0.4, 0.5) is 5.69 Å². The fourth-order valence-corrected chi connectivity index (χ4v) is 4.19. The molecule has 0 N–H and O–H groups in total. The number of fused-ring (bicyclic) bond motifs is 2. The average Bonchev–Trinajstić information content (AvgIpc) is 2.82. The Morgan fingerprint density at radius 2 is 1.71 bits per heavy atom. The predicted molar refractivity (Wildman–Crippen MR) is 113 cm³/mol. The number of carbonyl (C=O) groups excluding carboxylic acids is 1. The van der Waals surface area contributed by atoms with E-state index < -0.39 is 0 Å². The second-order valence-corrected chi connectivity index (χ2v) is 7.67. The molecular weight excluding hydrogens is 350 g/mol. The van der Waals surface area contributed by atoms with Crippen molar-refractivity contribution in [3.63, 3.8) is 0 Å². The number of benzene rings is 2. The highest BCUT2D eigenvalue weighted by Gasteiger charge is 2.27.